The van der Waals surface area contributed by atoms with Gasteiger partial charge in [0.2, 0.25) is 0 Å². The van der Waals surface area contributed by atoms with E-state index in [2.05, 4.69) is 4.98 Å². The normalized spacial score (nSPS) is 33.6. The lowest BCUT2D eigenvalue weighted by atomic mass is 9.88. The summed E-state index contributed by atoms with van der Waals surface area (Å²) < 4.78 is 31.6. The molecule has 9 nitrogen and oxygen atoms in total. The van der Waals surface area contributed by atoms with Crippen molar-refractivity contribution in [3.8, 4) is 0 Å². The summed E-state index contributed by atoms with van der Waals surface area (Å²) in [5, 5.41) is 0. The number of aromatic amines is 1. The van der Waals surface area contributed by atoms with Gasteiger partial charge in [-0.05, 0) is 19.8 Å². The third-order valence-corrected chi connectivity index (χ3v) is 5.82. The second-order valence-electron chi connectivity index (χ2n) is 7.82. The molecule has 1 aromatic rings. The van der Waals surface area contributed by atoms with E-state index in [4.69, 9.17) is 23.7 Å². The van der Waals surface area contributed by atoms with E-state index in [9.17, 15) is 9.59 Å². The first kappa shape index (κ1) is 18.8. The van der Waals surface area contributed by atoms with Gasteiger partial charge in [0.05, 0.1) is 13.2 Å². The summed E-state index contributed by atoms with van der Waals surface area (Å²) in [7, 11) is 3.16. The van der Waals surface area contributed by atoms with Crippen molar-refractivity contribution in [1.82, 2.24) is 9.55 Å². The van der Waals surface area contributed by atoms with Crippen molar-refractivity contribution >= 4 is 0 Å². The summed E-state index contributed by atoms with van der Waals surface area (Å²) in [4.78, 5) is 26.2. The minimum Gasteiger partial charge on any atom is -0.381 e. The maximum Gasteiger partial charge on any atom is 0.330 e. The highest BCUT2D eigenvalue weighted by molar-refractivity contribution is 5.15. The van der Waals surface area contributed by atoms with Gasteiger partial charge in [0.15, 0.2) is 12.0 Å². The monoisotopic (exact) mass is 382 g/mol. The number of ether oxygens (including phenoxy) is 5. The Morgan fingerprint density at radius 2 is 1.85 bits per heavy atom. The van der Waals surface area contributed by atoms with E-state index in [-0.39, 0.29) is 13.2 Å². The first-order valence-corrected chi connectivity index (χ1v) is 9.23. The zero-order valence-electron chi connectivity index (χ0n) is 15.9. The zero-order valence-corrected chi connectivity index (χ0v) is 15.9. The Morgan fingerprint density at radius 1 is 1.19 bits per heavy atom. The third-order valence-electron chi connectivity index (χ3n) is 5.82. The van der Waals surface area contributed by atoms with Gasteiger partial charge in [0.25, 0.3) is 5.56 Å². The van der Waals surface area contributed by atoms with E-state index in [0.29, 0.717) is 0 Å². The van der Waals surface area contributed by atoms with Crippen LogP contribution in [0.4, 0.5) is 0 Å². The molecule has 9 heteroatoms. The average molecular weight is 382 g/mol. The molecule has 3 fully saturated rings. The van der Waals surface area contributed by atoms with Crippen molar-refractivity contribution in [3.05, 3.63) is 33.1 Å². The van der Waals surface area contributed by atoms with Gasteiger partial charge in [0, 0.05) is 39.3 Å². The van der Waals surface area contributed by atoms with Gasteiger partial charge < -0.3 is 23.7 Å². The Hall–Kier alpha value is -1.52. The fourth-order valence-corrected chi connectivity index (χ4v) is 4.85. The predicted molar refractivity (Wildman–Crippen MR) is 93.5 cm³/mol. The molecule has 150 valence electrons. The van der Waals surface area contributed by atoms with Gasteiger partial charge in [-0.1, -0.05) is 0 Å². The minimum absolute atomic E-state index is 0.217. The molecule has 0 radical (unpaired) electrons. The molecule has 3 aliphatic rings. The van der Waals surface area contributed by atoms with E-state index in [1.807, 2.05) is 6.92 Å². The molecule has 3 atom stereocenters. The fourth-order valence-electron chi connectivity index (χ4n) is 4.85. The smallest absolute Gasteiger partial charge is 0.330 e. The van der Waals surface area contributed by atoms with E-state index in [0.717, 1.165) is 25.7 Å². The highest BCUT2D eigenvalue weighted by Crippen LogP contribution is 2.58. The van der Waals surface area contributed by atoms with E-state index >= 15 is 0 Å². The molecule has 1 N–H and O–H groups in total. The minimum atomic E-state index is -0.941. The zero-order chi connectivity index (χ0) is 19.3. The second-order valence-corrected chi connectivity index (χ2v) is 7.82. The Balaban J connectivity index is 1.82. The Labute approximate surface area is 156 Å². The van der Waals surface area contributed by atoms with Gasteiger partial charge in [-0.2, -0.15) is 0 Å². The van der Waals surface area contributed by atoms with Crippen molar-refractivity contribution < 1.29 is 23.7 Å². The van der Waals surface area contributed by atoms with Crippen LogP contribution in [0.25, 0.3) is 0 Å². The van der Waals surface area contributed by atoms with Gasteiger partial charge in [0.1, 0.15) is 17.3 Å². The van der Waals surface area contributed by atoms with Crippen LogP contribution in [-0.2, 0) is 23.7 Å². The van der Waals surface area contributed by atoms with Crippen LogP contribution in [0.2, 0.25) is 0 Å². The summed E-state index contributed by atoms with van der Waals surface area (Å²) in [5.41, 5.74) is -2.91. The number of methoxy groups -OCH3 is 2. The van der Waals surface area contributed by atoms with E-state index in [1.165, 1.54) is 16.8 Å². The molecule has 0 bridgehead atoms. The van der Waals surface area contributed by atoms with Crippen LogP contribution >= 0.6 is 0 Å². The highest BCUT2D eigenvalue weighted by Gasteiger charge is 2.72. The van der Waals surface area contributed by atoms with Crippen molar-refractivity contribution in [3.63, 3.8) is 0 Å². The maximum absolute atomic E-state index is 12.5. The maximum atomic E-state index is 12.5. The Bertz CT molecular complexity index is 806. The van der Waals surface area contributed by atoms with Crippen LogP contribution in [-0.4, -0.2) is 60.1 Å². The molecule has 0 unspecified atom stereocenters. The lowest BCUT2D eigenvalue weighted by Crippen LogP contribution is -2.53. The molecule has 2 aliphatic heterocycles. The number of rotatable bonds is 5. The van der Waals surface area contributed by atoms with Crippen LogP contribution in [0.5, 0.6) is 0 Å². The predicted octanol–water partition coefficient (Wildman–Crippen LogP) is 0.541. The van der Waals surface area contributed by atoms with Crippen LogP contribution < -0.4 is 11.2 Å². The van der Waals surface area contributed by atoms with E-state index < -0.39 is 40.6 Å². The summed E-state index contributed by atoms with van der Waals surface area (Å²) in [6.45, 7) is 2.32. The highest BCUT2D eigenvalue weighted by atomic mass is 16.8. The second kappa shape index (κ2) is 6.52. The van der Waals surface area contributed by atoms with Crippen molar-refractivity contribution in [2.45, 2.75) is 61.9 Å². The molecule has 2 saturated heterocycles. The summed E-state index contributed by atoms with van der Waals surface area (Å²) in [6, 6.07) is 1.29. The van der Waals surface area contributed by atoms with Crippen molar-refractivity contribution in [2.24, 2.45) is 0 Å². The molecule has 1 aromatic heterocycles. The van der Waals surface area contributed by atoms with Gasteiger partial charge in [-0.15, -0.1) is 0 Å². The van der Waals surface area contributed by atoms with Crippen LogP contribution in [0, 0.1) is 0 Å². The Morgan fingerprint density at radius 3 is 2.44 bits per heavy atom. The fraction of sp³-hybridized carbons (Fsp3) is 0.778. The number of hydrogen-bond donors (Lipinski definition) is 1. The van der Waals surface area contributed by atoms with Crippen molar-refractivity contribution in [1.29, 1.82) is 0 Å². The molecule has 3 heterocycles. The van der Waals surface area contributed by atoms with Gasteiger partial charge >= 0.3 is 5.69 Å². The molecule has 27 heavy (non-hydrogen) atoms. The molecular weight excluding hydrogens is 356 g/mol. The molecule has 0 amide bonds. The first-order chi connectivity index (χ1) is 12.9. The summed E-state index contributed by atoms with van der Waals surface area (Å²) in [5.74, 6) is -0.681. The largest absolute Gasteiger partial charge is 0.381 e. The molecule has 1 saturated carbocycles. The van der Waals surface area contributed by atoms with Crippen molar-refractivity contribution in [2.75, 3.05) is 27.4 Å². The van der Waals surface area contributed by atoms with Gasteiger partial charge in [-0.25, -0.2) is 4.79 Å². The average Bonchev–Trinajstić information content (AvgIpc) is 3.24. The topological polar surface area (TPSA) is 101 Å². The van der Waals surface area contributed by atoms with Crippen LogP contribution in [0.3, 0.4) is 0 Å². The third kappa shape index (κ3) is 2.80. The molecule has 1 spiro atoms. The standard InChI is InChI=1S/C18H26N2O7/c1-16-13(25-18(27-16)7-4-5-8-18)17(10-23-2,11-24-3)26-14(16)20-9-6-12(21)19-15(20)22/h6,9,13-14H,4-5,7-8,10-11H2,1-3H3,(H,19,21,22)/t13-,14+,16+/m0/s1. The Kier molecular flexibility index (Phi) is 4.55. The number of hydrogen-bond acceptors (Lipinski definition) is 7. The lowest BCUT2D eigenvalue weighted by Gasteiger charge is -2.34. The molecule has 4 rings (SSSR count). The molecule has 0 aromatic carbocycles. The van der Waals surface area contributed by atoms with Crippen LogP contribution in [0.15, 0.2) is 21.9 Å². The van der Waals surface area contributed by atoms with Crippen LogP contribution in [0.1, 0.15) is 38.8 Å². The summed E-state index contributed by atoms with van der Waals surface area (Å²) in [6.07, 6.45) is 3.77. The molecular formula is C18H26N2O7. The first-order valence-electron chi connectivity index (χ1n) is 9.23. The quantitative estimate of drug-likeness (QED) is 0.793. The van der Waals surface area contributed by atoms with Gasteiger partial charge in [-0.3, -0.25) is 14.3 Å². The number of aromatic nitrogens is 2. The van der Waals surface area contributed by atoms with E-state index in [1.54, 1.807) is 14.2 Å². The number of H-pyrrole nitrogens is 1. The SMILES string of the molecule is COCC1(COC)O[C@@H](n2ccc(=O)[nH]c2=O)[C@]2(C)OC3(CCCC3)O[C@H]12. The summed E-state index contributed by atoms with van der Waals surface area (Å²) >= 11 is 0. The lowest BCUT2D eigenvalue weighted by molar-refractivity contribution is -0.258. The molecule has 1 aliphatic carbocycles. The number of nitrogens with one attached hydrogen (secondary N) is 1. The number of nitrogens with zero attached hydrogens (tertiary/aromatic N) is 1. The number of fused-ring (bicyclic) bond motifs is 1.